The summed E-state index contributed by atoms with van der Waals surface area (Å²) in [5.74, 6) is 0.286. The molecule has 3 aromatic carbocycles. The van der Waals surface area contributed by atoms with Crippen LogP contribution in [-0.2, 0) is 6.42 Å². The van der Waals surface area contributed by atoms with Crippen LogP contribution in [0.15, 0.2) is 78.9 Å². The average Bonchev–Trinajstić information content (AvgIpc) is 3.05. The van der Waals surface area contributed by atoms with Gasteiger partial charge in [-0.25, -0.2) is 4.98 Å². The van der Waals surface area contributed by atoms with Gasteiger partial charge in [0.05, 0.1) is 11.0 Å². The molecule has 0 saturated heterocycles. The van der Waals surface area contributed by atoms with Gasteiger partial charge in [0.2, 0.25) is 5.95 Å². The molecule has 0 saturated carbocycles. The highest BCUT2D eigenvalue weighted by molar-refractivity contribution is 6.04. The SMILES string of the molecule is O=C(Nc1nc2ccccc2[nH]1)c1cccc(Cc2ccccc2)c1. The molecule has 0 bridgehead atoms. The topological polar surface area (TPSA) is 57.8 Å². The Balaban J connectivity index is 1.52. The fourth-order valence-electron chi connectivity index (χ4n) is 2.85. The third-order valence-corrected chi connectivity index (χ3v) is 4.06. The first-order valence-electron chi connectivity index (χ1n) is 8.17. The summed E-state index contributed by atoms with van der Waals surface area (Å²) in [5.41, 5.74) is 4.67. The number of carbonyl (C=O) groups excluding carboxylic acids is 1. The molecule has 1 amide bonds. The Morgan fingerprint density at radius 1 is 0.880 bits per heavy atom. The van der Waals surface area contributed by atoms with E-state index in [4.69, 9.17) is 0 Å². The Bertz CT molecular complexity index is 988. The van der Waals surface area contributed by atoms with Crippen LogP contribution in [0.1, 0.15) is 21.5 Å². The number of aromatic nitrogens is 2. The molecule has 4 heteroatoms. The Kier molecular flexibility index (Phi) is 4.01. The van der Waals surface area contributed by atoms with Crippen LogP contribution in [0.5, 0.6) is 0 Å². The van der Waals surface area contributed by atoms with Gasteiger partial charge in [-0.2, -0.15) is 0 Å². The van der Waals surface area contributed by atoms with Crippen molar-refractivity contribution in [3.8, 4) is 0 Å². The van der Waals surface area contributed by atoms with E-state index in [1.165, 1.54) is 5.56 Å². The molecule has 1 heterocycles. The van der Waals surface area contributed by atoms with Crippen molar-refractivity contribution in [2.24, 2.45) is 0 Å². The first-order chi connectivity index (χ1) is 12.3. The maximum absolute atomic E-state index is 12.5. The molecule has 0 radical (unpaired) electrons. The van der Waals surface area contributed by atoms with Gasteiger partial charge >= 0.3 is 0 Å². The number of carbonyl (C=O) groups is 1. The predicted molar refractivity (Wildman–Crippen MR) is 99.7 cm³/mol. The molecule has 2 N–H and O–H groups in total. The largest absolute Gasteiger partial charge is 0.324 e. The lowest BCUT2D eigenvalue weighted by molar-refractivity contribution is 0.102. The Labute approximate surface area is 145 Å². The number of anilines is 1. The van der Waals surface area contributed by atoms with Crippen LogP contribution in [0.4, 0.5) is 5.95 Å². The van der Waals surface area contributed by atoms with E-state index < -0.39 is 0 Å². The molecule has 4 rings (SSSR count). The number of rotatable bonds is 4. The molecule has 122 valence electrons. The minimum Gasteiger partial charge on any atom is -0.324 e. The summed E-state index contributed by atoms with van der Waals surface area (Å²) in [6, 6.07) is 25.6. The van der Waals surface area contributed by atoms with E-state index in [1.807, 2.05) is 66.7 Å². The summed E-state index contributed by atoms with van der Waals surface area (Å²) in [5, 5.41) is 2.83. The van der Waals surface area contributed by atoms with Crippen molar-refractivity contribution in [1.82, 2.24) is 9.97 Å². The highest BCUT2D eigenvalue weighted by atomic mass is 16.1. The van der Waals surface area contributed by atoms with Crippen molar-refractivity contribution < 1.29 is 4.79 Å². The molecule has 0 aliphatic rings. The Morgan fingerprint density at radius 3 is 2.48 bits per heavy atom. The number of para-hydroxylation sites is 2. The normalized spacial score (nSPS) is 10.7. The van der Waals surface area contributed by atoms with E-state index in [-0.39, 0.29) is 5.91 Å². The van der Waals surface area contributed by atoms with E-state index >= 15 is 0 Å². The second-order valence-corrected chi connectivity index (χ2v) is 5.92. The zero-order chi connectivity index (χ0) is 17.1. The molecule has 0 spiro atoms. The van der Waals surface area contributed by atoms with Crippen molar-refractivity contribution in [2.45, 2.75) is 6.42 Å². The third-order valence-electron chi connectivity index (χ3n) is 4.06. The highest BCUT2D eigenvalue weighted by Crippen LogP contribution is 2.15. The molecular formula is C21H17N3O. The van der Waals surface area contributed by atoms with E-state index in [9.17, 15) is 4.79 Å². The van der Waals surface area contributed by atoms with Gasteiger partial charge in [-0.3, -0.25) is 10.1 Å². The first kappa shape index (κ1) is 15.1. The molecule has 25 heavy (non-hydrogen) atoms. The smallest absolute Gasteiger partial charge is 0.257 e. The summed E-state index contributed by atoms with van der Waals surface area (Å²) in [7, 11) is 0. The third kappa shape index (κ3) is 3.43. The van der Waals surface area contributed by atoms with Gasteiger partial charge in [0, 0.05) is 5.56 Å². The molecule has 0 atom stereocenters. The average molecular weight is 327 g/mol. The summed E-state index contributed by atoms with van der Waals surface area (Å²) in [4.78, 5) is 20.0. The van der Waals surface area contributed by atoms with Crippen molar-refractivity contribution in [3.05, 3.63) is 95.6 Å². The first-order valence-corrected chi connectivity index (χ1v) is 8.17. The number of hydrogen-bond acceptors (Lipinski definition) is 2. The molecule has 0 aliphatic heterocycles. The molecule has 1 aromatic heterocycles. The van der Waals surface area contributed by atoms with Crippen LogP contribution >= 0.6 is 0 Å². The van der Waals surface area contributed by atoms with Crippen molar-refractivity contribution in [1.29, 1.82) is 0 Å². The number of benzene rings is 3. The highest BCUT2D eigenvalue weighted by Gasteiger charge is 2.10. The lowest BCUT2D eigenvalue weighted by Gasteiger charge is -2.06. The van der Waals surface area contributed by atoms with Crippen LogP contribution in [0.2, 0.25) is 0 Å². The number of amides is 1. The van der Waals surface area contributed by atoms with Crippen LogP contribution in [0.25, 0.3) is 11.0 Å². The lowest BCUT2D eigenvalue weighted by Crippen LogP contribution is -2.13. The minimum atomic E-state index is -0.172. The van der Waals surface area contributed by atoms with E-state index in [1.54, 1.807) is 0 Å². The van der Waals surface area contributed by atoms with Crippen molar-refractivity contribution in [2.75, 3.05) is 5.32 Å². The second-order valence-electron chi connectivity index (χ2n) is 5.92. The fraction of sp³-hybridized carbons (Fsp3) is 0.0476. The summed E-state index contributed by atoms with van der Waals surface area (Å²) < 4.78 is 0. The summed E-state index contributed by atoms with van der Waals surface area (Å²) >= 11 is 0. The molecule has 0 unspecified atom stereocenters. The van der Waals surface area contributed by atoms with Gasteiger partial charge < -0.3 is 4.98 Å². The zero-order valence-electron chi connectivity index (χ0n) is 13.6. The van der Waals surface area contributed by atoms with Gasteiger partial charge in [0.25, 0.3) is 5.91 Å². The standard InChI is InChI=1S/C21H17N3O/c25-20(24-21-22-18-11-4-5-12-19(18)23-21)17-10-6-9-16(14-17)13-15-7-2-1-3-8-15/h1-12,14H,13H2,(H2,22,23,24,25). The van der Waals surface area contributed by atoms with Crippen LogP contribution < -0.4 is 5.32 Å². The van der Waals surface area contributed by atoms with Crippen LogP contribution in [0, 0.1) is 0 Å². The van der Waals surface area contributed by atoms with Gasteiger partial charge in [-0.15, -0.1) is 0 Å². The maximum Gasteiger partial charge on any atom is 0.257 e. The zero-order valence-corrected chi connectivity index (χ0v) is 13.6. The summed E-state index contributed by atoms with van der Waals surface area (Å²) in [6.45, 7) is 0. The number of nitrogens with zero attached hydrogens (tertiary/aromatic N) is 1. The number of nitrogens with one attached hydrogen (secondary N) is 2. The van der Waals surface area contributed by atoms with Crippen molar-refractivity contribution >= 4 is 22.9 Å². The van der Waals surface area contributed by atoms with Gasteiger partial charge in [-0.1, -0.05) is 54.6 Å². The Hall–Kier alpha value is -3.40. The molecular weight excluding hydrogens is 310 g/mol. The maximum atomic E-state index is 12.5. The molecule has 0 fully saturated rings. The van der Waals surface area contributed by atoms with E-state index in [0.717, 1.165) is 23.0 Å². The van der Waals surface area contributed by atoms with E-state index in [2.05, 4.69) is 27.4 Å². The minimum absolute atomic E-state index is 0.172. The number of fused-ring (bicyclic) bond motifs is 1. The Morgan fingerprint density at radius 2 is 1.64 bits per heavy atom. The quantitative estimate of drug-likeness (QED) is 0.583. The van der Waals surface area contributed by atoms with E-state index in [0.29, 0.717) is 11.5 Å². The van der Waals surface area contributed by atoms with Gasteiger partial charge in [0.1, 0.15) is 0 Å². The van der Waals surface area contributed by atoms with Crippen LogP contribution in [0.3, 0.4) is 0 Å². The molecule has 4 nitrogen and oxygen atoms in total. The van der Waals surface area contributed by atoms with Crippen molar-refractivity contribution in [3.63, 3.8) is 0 Å². The lowest BCUT2D eigenvalue weighted by atomic mass is 10.0. The predicted octanol–water partition coefficient (Wildman–Crippen LogP) is 4.41. The second kappa shape index (κ2) is 6.61. The number of hydrogen-bond donors (Lipinski definition) is 2. The van der Waals surface area contributed by atoms with Crippen LogP contribution in [-0.4, -0.2) is 15.9 Å². The van der Waals surface area contributed by atoms with Gasteiger partial charge in [0.15, 0.2) is 0 Å². The molecule has 4 aromatic rings. The van der Waals surface area contributed by atoms with Gasteiger partial charge in [-0.05, 0) is 41.8 Å². The monoisotopic (exact) mass is 327 g/mol. The number of H-pyrrole nitrogens is 1. The summed E-state index contributed by atoms with van der Waals surface area (Å²) in [6.07, 6.45) is 0.798. The molecule has 0 aliphatic carbocycles. The fourth-order valence-corrected chi connectivity index (χ4v) is 2.85. The number of aromatic amines is 1. The number of imidazole rings is 1.